The van der Waals surface area contributed by atoms with E-state index >= 15 is 0 Å². The molecular weight excluding hydrogens is 244 g/mol. The fraction of sp³-hybridized carbons (Fsp3) is 0.667. The largest absolute Gasteiger partial charge is 0.370 e. The summed E-state index contributed by atoms with van der Waals surface area (Å²) in [7, 11) is 0. The van der Waals surface area contributed by atoms with E-state index in [4.69, 9.17) is 0 Å². The van der Waals surface area contributed by atoms with Crippen molar-refractivity contribution >= 4 is 5.69 Å². The maximum atomic E-state index is 3.61. The standard InChI is InChI=1S/C18H30N2/c1-5-12-19-15(4)16-10-8-9-11-17(16)20-13-18(6-2,7-3)14-20/h8-11,15,19H,5-7,12-14H2,1-4H3. The smallest absolute Gasteiger partial charge is 0.0415 e. The van der Waals surface area contributed by atoms with E-state index in [9.17, 15) is 0 Å². The van der Waals surface area contributed by atoms with Gasteiger partial charge in [0.25, 0.3) is 0 Å². The van der Waals surface area contributed by atoms with Gasteiger partial charge in [-0.25, -0.2) is 0 Å². The van der Waals surface area contributed by atoms with Gasteiger partial charge in [-0.3, -0.25) is 0 Å². The summed E-state index contributed by atoms with van der Waals surface area (Å²) in [5.41, 5.74) is 3.44. The number of hydrogen-bond donors (Lipinski definition) is 1. The molecule has 0 radical (unpaired) electrons. The van der Waals surface area contributed by atoms with Crippen molar-refractivity contribution in [2.24, 2.45) is 5.41 Å². The van der Waals surface area contributed by atoms with Crippen molar-refractivity contribution in [3.63, 3.8) is 0 Å². The highest BCUT2D eigenvalue weighted by molar-refractivity contribution is 5.57. The third-order valence-electron chi connectivity index (χ3n) is 5.00. The summed E-state index contributed by atoms with van der Waals surface area (Å²) < 4.78 is 0. The lowest BCUT2D eigenvalue weighted by Gasteiger charge is -2.52. The lowest BCUT2D eigenvalue weighted by atomic mass is 9.74. The molecule has 0 aliphatic carbocycles. The van der Waals surface area contributed by atoms with E-state index in [0.29, 0.717) is 11.5 Å². The number of benzene rings is 1. The first-order valence-corrected chi connectivity index (χ1v) is 8.23. The van der Waals surface area contributed by atoms with Crippen LogP contribution in [0.2, 0.25) is 0 Å². The lowest BCUT2D eigenvalue weighted by molar-refractivity contribution is 0.194. The van der Waals surface area contributed by atoms with E-state index in [2.05, 4.69) is 62.2 Å². The van der Waals surface area contributed by atoms with Gasteiger partial charge in [0.05, 0.1) is 0 Å². The van der Waals surface area contributed by atoms with Crippen LogP contribution in [0.4, 0.5) is 5.69 Å². The van der Waals surface area contributed by atoms with Gasteiger partial charge in [-0.15, -0.1) is 0 Å². The molecule has 1 fully saturated rings. The van der Waals surface area contributed by atoms with Crippen LogP contribution in [0.25, 0.3) is 0 Å². The summed E-state index contributed by atoms with van der Waals surface area (Å²) in [6.45, 7) is 12.7. The van der Waals surface area contributed by atoms with Gasteiger partial charge in [0.15, 0.2) is 0 Å². The van der Waals surface area contributed by atoms with Crippen molar-refractivity contribution in [3.05, 3.63) is 29.8 Å². The topological polar surface area (TPSA) is 15.3 Å². The van der Waals surface area contributed by atoms with Crippen LogP contribution < -0.4 is 10.2 Å². The van der Waals surface area contributed by atoms with Crippen LogP contribution in [0.5, 0.6) is 0 Å². The summed E-state index contributed by atoms with van der Waals surface area (Å²) in [5, 5.41) is 3.61. The van der Waals surface area contributed by atoms with E-state index < -0.39 is 0 Å². The highest BCUT2D eigenvalue weighted by Crippen LogP contribution is 2.41. The molecule has 2 rings (SSSR count). The second-order valence-electron chi connectivity index (χ2n) is 6.30. The van der Waals surface area contributed by atoms with Gasteiger partial charge < -0.3 is 10.2 Å². The number of hydrogen-bond acceptors (Lipinski definition) is 2. The summed E-state index contributed by atoms with van der Waals surface area (Å²) in [6.07, 6.45) is 3.78. The second-order valence-corrected chi connectivity index (χ2v) is 6.30. The summed E-state index contributed by atoms with van der Waals surface area (Å²) >= 11 is 0. The lowest BCUT2D eigenvalue weighted by Crippen LogP contribution is -2.56. The third-order valence-corrected chi connectivity index (χ3v) is 5.00. The predicted octanol–water partition coefficient (Wildman–Crippen LogP) is 4.37. The highest BCUT2D eigenvalue weighted by atomic mass is 15.2. The van der Waals surface area contributed by atoms with Gasteiger partial charge in [-0.2, -0.15) is 0 Å². The molecule has 112 valence electrons. The molecule has 0 aromatic heterocycles. The normalized spacial score (nSPS) is 18.7. The van der Waals surface area contributed by atoms with E-state index in [1.54, 1.807) is 0 Å². The van der Waals surface area contributed by atoms with E-state index in [1.807, 2.05) is 0 Å². The molecule has 2 nitrogen and oxygen atoms in total. The molecule has 1 aliphatic rings. The van der Waals surface area contributed by atoms with E-state index in [0.717, 1.165) is 6.54 Å². The van der Waals surface area contributed by atoms with Crippen molar-refractivity contribution in [2.75, 3.05) is 24.5 Å². The number of para-hydroxylation sites is 1. The fourth-order valence-electron chi connectivity index (χ4n) is 3.24. The van der Waals surface area contributed by atoms with Crippen LogP contribution in [0.1, 0.15) is 58.6 Å². The Hall–Kier alpha value is -1.02. The fourth-order valence-corrected chi connectivity index (χ4v) is 3.24. The average molecular weight is 274 g/mol. The molecule has 1 heterocycles. The molecular formula is C18H30N2. The van der Waals surface area contributed by atoms with Crippen molar-refractivity contribution in [1.82, 2.24) is 5.32 Å². The van der Waals surface area contributed by atoms with Crippen LogP contribution >= 0.6 is 0 Å². The first kappa shape index (κ1) is 15.4. The second kappa shape index (κ2) is 6.62. The van der Waals surface area contributed by atoms with Gasteiger partial charge in [0.2, 0.25) is 0 Å². The molecule has 20 heavy (non-hydrogen) atoms. The first-order valence-electron chi connectivity index (χ1n) is 8.23. The molecule has 0 spiro atoms. The Balaban J connectivity index is 2.10. The maximum Gasteiger partial charge on any atom is 0.0415 e. The third kappa shape index (κ3) is 3.01. The quantitative estimate of drug-likeness (QED) is 0.794. The molecule has 1 saturated heterocycles. The molecule has 1 aromatic carbocycles. The van der Waals surface area contributed by atoms with Gasteiger partial charge >= 0.3 is 0 Å². The minimum atomic E-state index is 0.435. The van der Waals surface area contributed by atoms with Gasteiger partial charge in [-0.05, 0) is 44.4 Å². The van der Waals surface area contributed by atoms with Crippen molar-refractivity contribution in [1.29, 1.82) is 0 Å². The van der Waals surface area contributed by atoms with Crippen LogP contribution in [-0.4, -0.2) is 19.6 Å². The molecule has 2 heteroatoms. The Kier molecular flexibility index (Phi) is 5.09. The van der Waals surface area contributed by atoms with Gasteiger partial charge in [0.1, 0.15) is 0 Å². The molecule has 1 N–H and O–H groups in total. The zero-order valence-electron chi connectivity index (χ0n) is 13.6. The number of rotatable bonds is 7. The summed E-state index contributed by atoms with van der Waals surface area (Å²) in [4.78, 5) is 2.56. The first-order chi connectivity index (χ1) is 9.65. The van der Waals surface area contributed by atoms with Crippen LogP contribution in [0.15, 0.2) is 24.3 Å². The molecule has 0 amide bonds. The molecule has 0 saturated carbocycles. The van der Waals surface area contributed by atoms with Crippen LogP contribution in [-0.2, 0) is 0 Å². The van der Waals surface area contributed by atoms with Gasteiger partial charge in [-0.1, -0.05) is 39.0 Å². The monoisotopic (exact) mass is 274 g/mol. The minimum Gasteiger partial charge on any atom is -0.370 e. The average Bonchev–Trinajstić information content (AvgIpc) is 2.45. The zero-order chi connectivity index (χ0) is 14.6. The predicted molar refractivity (Wildman–Crippen MR) is 88.4 cm³/mol. The van der Waals surface area contributed by atoms with Crippen molar-refractivity contribution in [3.8, 4) is 0 Å². The Bertz CT molecular complexity index is 415. The van der Waals surface area contributed by atoms with Crippen molar-refractivity contribution < 1.29 is 0 Å². The summed E-state index contributed by atoms with van der Waals surface area (Å²) in [5.74, 6) is 0. The maximum absolute atomic E-state index is 3.61. The van der Waals surface area contributed by atoms with E-state index in [-0.39, 0.29) is 0 Å². The summed E-state index contributed by atoms with van der Waals surface area (Å²) in [6, 6.07) is 9.33. The zero-order valence-corrected chi connectivity index (χ0v) is 13.6. The SMILES string of the molecule is CCCNC(C)c1ccccc1N1CC(CC)(CC)C1. The molecule has 1 unspecified atom stereocenters. The van der Waals surface area contributed by atoms with E-state index in [1.165, 1.54) is 43.6 Å². The Morgan fingerprint density at radius 1 is 1.15 bits per heavy atom. The van der Waals surface area contributed by atoms with Crippen LogP contribution in [0.3, 0.4) is 0 Å². The number of nitrogens with one attached hydrogen (secondary N) is 1. The minimum absolute atomic E-state index is 0.435. The highest BCUT2D eigenvalue weighted by Gasteiger charge is 2.40. The number of anilines is 1. The van der Waals surface area contributed by atoms with Crippen molar-refractivity contribution in [2.45, 2.75) is 53.0 Å². The Labute approximate surface area is 124 Å². The molecule has 1 atom stereocenters. The van der Waals surface area contributed by atoms with Crippen LogP contribution in [0, 0.1) is 5.41 Å². The van der Waals surface area contributed by atoms with Gasteiger partial charge in [0, 0.05) is 30.2 Å². The molecule has 0 bridgehead atoms. The Morgan fingerprint density at radius 2 is 1.80 bits per heavy atom. The number of nitrogens with zero attached hydrogens (tertiary/aromatic N) is 1. The molecule has 1 aromatic rings. The Morgan fingerprint density at radius 3 is 2.40 bits per heavy atom. The molecule has 1 aliphatic heterocycles.